The number of benzene rings is 2. The highest BCUT2D eigenvalue weighted by molar-refractivity contribution is 14.0. The first kappa shape index (κ1) is 26.2. The monoisotopic (exact) mass is 572 g/mol. The first-order valence-electron chi connectivity index (χ1n) is 12.3. The van der Waals surface area contributed by atoms with Crippen molar-refractivity contribution in [2.45, 2.75) is 57.4 Å². The number of nitrogens with zero attached hydrogens (tertiary/aromatic N) is 4. The van der Waals surface area contributed by atoms with Crippen LogP contribution in [0.15, 0.2) is 65.7 Å². The Kier molecular flexibility index (Phi) is 10.9. The number of fused-ring (bicyclic) bond motifs is 1. The van der Waals surface area contributed by atoms with Gasteiger partial charge in [-0.3, -0.25) is 4.99 Å². The number of nitrogens with one attached hydrogen (secondary N) is 2. The lowest BCUT2D eigenvalue weighted by Gasteiger charge is -2.20. The van der Waals surface area contributed by atoms with Crippen molar-refractivity contribution in [1.82, 2.24) is 25.4 Å². The van der Waals surface area contributed by atoms with Gasteiger partial charge in [-0.1, -0.05) is 67.1 Å². The lowest BCUT2D eigenvalue weighted by molar-refractivity contribution is 0.592. The summed E-state index contributed by atoms with van der Waals surface area (Å²) < 4.78 is 2.34. The maximum atomic E-state index is 4.45. The summed E-state index contributed by atoms with van der Waals surface area (Å²) in [5.41, 5.74) is 2.69. The van der Waals surface area contributed by atoms with Crippen molar-refractivity contribution in [2.75, 3.05) is 20.1 Å². The van der Waals surface area contributed by atoms with Gasteiger partial charge in [0.25, 0.3) is 0 Å². The molecule has 0 spiro atoms. The molecule has 0 amide bonds. The Bertz CT molecular complexity index is 1000. The largest absolute Gasteiger partial charge is 0.356 e. The fraction of sp³-hybridized carbons (Fsp3) is 0.444. The molecule has 6 nitrogen and oxygen atoms in total. The second-order valence-electron chi connectivity index (χ2n) is 8.78. The molecule has 1 aromatic heterocycles. The van der Waals surface area contributed by atoms with Crippen LogP contribution in [0.1, 0.15) is 54.4 Å². The molecule has 0 radical (unpaired) electrons. The minimum Gasteiger partial charge on any atom is -0.356 e. The number of guanidine groups is 1. The molecule has 2 heterocycles. The SMILES string of the molecule is CN=C(NCCCc1nnc2n1CCCCC2)NCC(Cc1ccccc1)c1ccccc1.I. The topological polar surface area (TPSA) is 67.1 Å². The Morgan fingerprint density at radius 2 is 1.74 bits per heavy atom. The summed E-state index contributed by atoms with van der Waals surface area (Å²) in [6.07, 6.45) is 7.76. The first-order chi connectivity index (χ1) is 16.3. The van der Waals surface area contributed by atoms with Gasteiger partial charge in [0.2, 0.25) is 0 Å². The predicted molar refractivity (Wildman–Crippen MR) is 150 cm³/mol. The number of halogens is 1. The van der Waals surface area contributed by atoms with Gasteiger partial charge in [0.1, 0.15) is 11.6 Å². The predicted octanol–water partition coefficient (Wildman–Crippen LogP) is 4.75. The number of aryl methyl sites for hydroxylation is 2. The van der Waals surface area contributed by atoms with Gasteiger partial charge in [-0.05, 0) is 36.8 Å². The minimum atomic E-state index is 0. The highest BCUT2D eigenvalue weighted by atomic mass is 127. The number of aromatic nitrogens is 3. The molecule has 2 aromatic carbocycles. The molecule has 1 unspecified atom stereocenters. The van der Waals surface area contributed by atoms with Gasteiger partial charge in [0.05, 0.1) is 0 Å². The zero-order chi connectivity index (χ0) is 22.7. The minimum absolute atomic E-state index is 0. The van der Waals surface area contributed by atoms with E-state index in [1.54, 1.807) is 0 Å². The average Bonchev–Trinajstić information content (AvgIpc) is 3.09. The Labute approximate surface area is 220 Å². The molecular formula is C27H37IN6. The van der Waals surface area contributed by atoms with Crippen molar-refractivity contribution in [3.8, 4) is 0 Å². The molecule has 0 fully saturated rings. The van der Waals surface area contributed by atoms with E-state index >= 15 is 0 Å². The summed E-state index contributed by atoms with van der Waals surface area (Å²) in [6, 6.07) is 21.4. The molecule has 2 N–H and O–H groups in total. The van der Waals surface area contributed by atoms with E-state index in [0.717, 1.165) is 57.1 Å². The third-order valence-corrected chi connectivity index (χ3v) is 6.39. The summed E-state index contributed by atoms with van der Waals surface area (Å²) in [5.74, 6) is 3.52. The molecule has 182 valence electrons. The van der Waals surface area contributed by atoms with Crippen LogP contribution in [0.25, 0.3) is 0 Å². The first-order valence-corrected chi connectivity index (χ1v) is 12.3. The average molecular weight is 573 g/mol. The molecule has 0 aliphatic carbocycles. The van der Waals surface area contributed by atoms with Crippen molar-refractivity contribution in [2.24, 2.45) is 4.99 Å². The lowest BCUT2D eigenvalue weighted by atomic mass is 9.92. The van der Waals surface area contributed by atoms with Gasteiger partial charge >= 0.3 is 0 Å². The van der Waals surface area contributed by atoms with Gasteiger partial charge in [0.15, 0.2) is 5.96 Å². The Hall–Kier alpha value is -2.42. The van der Waals surface area contributed by atoms with E-state index in [1.807, 2.05) is 7.05 Å². The van der Waals surface area contributed by atoms with Crippen LogP contribution in [0.4, 0.5) is 0 Å². The van der Waals surface area contributed by atoms with Gasteiger partial charge in [-0.15, -0.1) is 34.2 Å². The molecule has 4 rings (SSSR count). The summed E-state index contributed by atoms with van der Waals surface area (Å²) in [4.78, 5) is 4.44. The summed E-state index contributed by atoms with van der Waals surface area (Å²) in [7, 11) is 1.84. The summed E-state index contributed by atoms with van der Waals surface area (Å²) in [6.45, 7) is 2.75. The van der Waals surface area contributed by atoms with Crippen LogP contribution >= 0.6 is 24.0 Å². The van der Waals surface area contributed by atoms with Gasteiger partial charge in [0, 0.05) is 45.4 Å². The molecule has 0 saturated heterocycles. The van der Waals surface area contributed by atoms with Crippen molar-refractivity contribution in [1.29, 1.82) is 0 Å². The Balaban J connectivity index is 0.00000324. The van der Waals surface area contributed by atoms with E-state index in [0.29, 0.717) is 5.92 Å². The number of aliphatic imine (C=N–C) groups is 1. The normalized spacial score (nSPS) is 14.4. The van der Waals surface area contributed by atoms with Gasteiger partial charge < -0.3 is 15.2 Å². The molecule has 1 aliphatic heterocycles. The van der Waals surface area contributed by atoms with E-state index < -0.39 is 0 Å². The van der Waals surface area contributed by atoms with Gasteiger partial charge in [-0.2, -0.15) is 0 Å². The zero-order valence-electron chi connectivity index (χ0n) is 20.1. The van der Waals surface area contributed by atoms with Crippen molar-refractivity contribution in [3.05, 3.63) is 83.4 Å². The maximum Gasteiger partial charge on any atom is 0.190 e. The van der Waals surface area contributed by atoms with Crippen LogP contribution in [0.3, 0.4) is 0 Å². The molecule has 1 aliphatic rings. The standard InChI is InChI=1S/C27H36N6.HI/c1-28-27(29-18-11-17-26-32-31-25-16-9-4-10-19-33(25)26)30-21-24(23-14-7-3-8-15-23)20-22-12-5-2-6-13-22;/h2-3,5-8,12-15,24H,4,9-11,16-21H2,1H3,(H2,28,29,30);1H. The van der Waals surface area contributed by atoms with Crippen LogP contribution in [0, 0.1) is 0 Å². The van der Waals surface area contributed by atoms with Crippen LogP contribution in [0.5, 0.6) is 0 Å². The third kappa shape index (κ3) is 7.55. The molecule has 0 saturated carbocycles. The molecule has 3 aromatic rings. The van der Waals surface area contributed by atoms with E-state index in [9.17, 15) is 0 Å². The van der Waals surface area contributed by atoms with Crippen LogP contribution in [-0.4, -0.2) is 40.9 Å². The summed E-state index contributed by atoms with van der Waals surface area (Å²) in [5, 5.41) is 15.9. The number of rotatable bonds is 9. The number of hydrogen-bond donors (Lipinski definition) is 2. The van der Waals surface area contributed by atoms with Crippen LogP contribution < -0.4 is 10.6 Å². The van der Waals surface area contributed by atoms with E-state index in [1.165, 1.54) is 36.2 Å². The lowest BCUT2D eigenvalue weighted by Crippen LogP contribution is -2.40. The molecule has 7 heteroatoms. The van der Waals surface area contributed by atoms with Crippen molar-refractivity contribution in [3.63, 3.8) is 0 Å². The Morgan fingerprint density at radius 1 is 0.971 bits per heavy atom. The van der Waals surface area contributed by atoms with Crippen molar-refractivity contribution >= 4 is 29.9 Å². The number of hydrogen-bond acceptors (Lipinski definition) is 3. The molecular weight excluding hydrogens is 535 g/mol. The van der Waals surface area contributed by atoms with Gasteiger partial charge in [-0.25, -0.2) is 0 Å². The second-order valence-corrected chi connectivity index (χ2v) is 8.78. The highest BCUT2D eigenvalue weighted by Gasteiger charge is 2.15. The molecule has 1 atom stereocenters. The van der Waals surface area contributed by atoms with Crippen LogP contribution in [-0.2, 0) is 25.8 Å². The third-order valence-electron chi connectivity index (χ3n) is 6.39. The fourth-order valence-corrected chi connectivity index (χ4v) is 4.56. The van der Waals surface area contributed by atoms with Crippen molar-refractivity contribution < 1.29 is 0 Å². The smallest absolute Gasteiger partial charge is 0.190 e. The van der Waals surface area contributed by atoms with Crippen LogP contribution in [0.2, 0.25) is 0 Å². The quantitative estimate of drug-likeness (QED) is 0.168. The molecule has 34 heavy (non-hydrogen) atoms. The maximum absolute atomic E-state index is 4.45. The fourth-order valence-electron chi connectivity index (χ4n) is 4.56. The van der Waals surface area contributed by atoms with E-state index in [-0.39, 0.29) is 24.0 Å². The zero-order valence-corrected chi connectivity index (χ0v) is 22.4. The van der Waals surface area contributed by atoms with E-state index in [4.69, 9.17) is 0 Å². The summed E-state index contributed by atoms with van der Waals surface area (Å²) >= 11 is 0. The van der Waals surface area contributed by atoms with E-state index in [2.05, 4.69) is 91.1 Å². The molecule has 0 bridgehead atoms. The second kappa shape index (κ2) is 14.1. The Morgan fingerprint density at radius 3 is 2.50 bits per heavy atom. The highest BCUT2D eigenvalue weighted by Crippen LogP contribution is 2.20.